The Hall–Kier alpha value is -1.97. The van der Waals surface area contributed by atoms with Crippen molar-refractivity contribution in [3.8, 4) is 11.4 Å². The highest BCUT2D eigenvalue weighted by Crippen LogP contribution is 2.31. The van der Waals surface area contributed by atoms with Crippen LogP contribution in [-0.2, 0) is 5.41 Å². The predicted molar refractivity (Wildman–Crippen MR) is 82.6 cm³/mol. The molecule has 2 N–H and O–H groups in total. The zero-order chi connectivity index (χ0) is 14.9. The highest BCUT2D eigenvalue weighted by molar-refractivity contribution is 5.53. The van der Waals surface area contributed by atoms with Crippen LogP contribution in [0.2, 0.25) is 0 Å². The van der Waals surface area contributed by atoms with Crippen molar-refractivity contribution in [3.63, 3.8) is 0 Å². The van der Waals surface area contributed by atoms with Crippen LogP contribution in [0.3, 0.4) is 0 Å². The number of ether oxygens (including phenoxy) is 1. The molecule has 108 valence electrons. The molecule has 0 aliphatic carbocycles. The second-order valence-corrected chi connectivity index (χ2v) is 5.78. The molecule has 0 saturated heterocycles. The first-order valence-corrected chi connectivity index (χ1v) is 6.90. The van der Waals surface area contributed by atoms with Crippen molar-refractivity contribution in [2.75, 3.05) is 12.8 Å². The van der Waals surface area contributed by atoms with Gasteiger partial charge in [0, 0.05) is 11.5 Å². The number of aromatic nitrogens is 2. The van der Waals surface area contributed by atoms with Gasteiger partial charge in [0.05, 0.1) is 12.8 Å². The molecule has 0 aliphatic rings. The average Bonchev–Trinajstić information content (AvgIpc) is 2.81. The molecule has 0 bridgehead atoms. The molecular formula is C16H23N3O. The van der Waals surface area contributed by atoms with Crippen LogP contribution in [0.15, 0.2) is 24.3 Å². The van der Waals surface area contributed by atoms with Gasteiger partial charge in [-0.05, 0) is 31.0 Å². The maximum Gasteiger partial charge on any atom is 0.144 e. The molecule has 0 radical (unpaired) electrons. The van der Waals surface area contributed by atoms with Crippen molar-refractivity contribution in [1.29, 1.82) is 0 Å². The molecule has 0 saturated carbocycles. The number of rotatable bonds is 4. The molecule has 0 amide bonds. The minimum Gasteiger partial charge on any atom is -0.494 e. The van der Waals surface area contributed by atoms with E-state index in [0.29, 0.717) is 5.82 Å². The van der Waals surface area contributed by atoms with E-state index >= 15 is 0 Å². The second kappa shape index (κ2) is 5.19. The standard InChI is InChI=1S/C16H23N3O/c1-6-16(3,4)14-10-15(17)19(18-14)12-9-11(2)7-8-13(12)20-5/h7-10H,6,17H2,1-5H3. The summed E-state index contributed by atoms with van der Waals surface area (Å²) in [6.07, 6.45) is 1.01. The van der Waals surface area contributed by atoms with E-state index < -0.39 is 0 Å². The third-order valence-corrected chi connectivity index (χ3v) is 3.88. The first kappa shape index (κ1) is 14.4. The molecule has 4 nitrogen and oxygen atoms in total. The minimum atomic E-state index is 0.0103. The summed E-state index contributed by atoms with van der Waals surface area (Å²) >= 11 is 0. The molecule has 1 heterocycles. The fraction of sp³-hybridized carbons (Fsp3) is 0.438. The first-order valence-electron chi connectivity index (χ1n) is 6.90. The summed E-state index contributed by atoms with van der Waals surface area (Å²) in [5, 5.41) is 4.68. The van der Waals surface area contributed by atoms with Gasteiger partial charge < -0.3 is 10.5 Å². The van der Waals surface area contributed by atoms with E-state index in [-0.39, 0.29) is 5.41 Å². The molecule has 4 heteroatoms. The lowest BCUT2D eigenvalue weighted by molar-refractivity contribution is 0.411. The van der Waals surface area contributed by atoms with E-state index in [2.05, 4.69) is 25.9 Å². The van der Waals surface area contributed by atoms with E-state index in [1.807, 2.05) is 31.2 Å². The minimum absolute atomic E-state index is 0.0103. The van der Waals surface area contributed by atoms with E-state index in [9.17, 15) is 0 Å². The Morgan fingerprint density at radius 1 is 1.30 bits per heavy atom. The molecule has 2 rings (SSSR count). The molecule has 20 heavy (non-hydrogen) atoms. The molecule has 2 aromatic rings. The van der Waals surface area contributed by atoms with Crippen molar-refractivity contribution < 1.29 is 4.74 Å². The van der Waals surface area contributed by atoms with Crippen molar-refractivity contribution in [1.82, 2.24) is 9.78 Å². The average molecular weight is 273 g/mol. The molecule has 1 aromatic carbocycles. The van der Waals surface area contributed by atoms with Gasteiger partial charge in [0.15, 0.2) is 0 Å². The number of hydrogen-bond donors (Lipinski definition) is 1. The van der Waals surface area contributed by atoms with Crippen LogP contribution in [0.1, 0.15) is 38.4 Å². The fourth-order valence-electron chi connectivity index (χ4n) is 2.07. The summed E-state index contributed by atoms with van der Waals surface area (Å²) < 4.78 is 7.18. The largest absolute Gasteiger partial charge is 0.494 e. The zero-order valence-electron chi connectivity index (χ0n) is 12.9. The first-order chi connectivity index (χ1) is 9.39. The van der Waals surface area contributed by atoms with Crippen LogP contribution in [0.25, 0.3) is 5.69 Å². The van der Waals surface area contributed by atoms with Gasteiger partial charge in [-0.1, -0.05) is 26.8 Å². The van der Waals surface area contributed by atoms with Crippen LogP contribution < -0.4 is 10.5 Å². The number of benzene rings is 1. The highest BCUT2D eigenvalue weighted by Gasteiger charge is 2.23. The number of anilines is 1. The summed E-state index contributed by atoms with van der Waals surface area (Å²) in [4.78, 5) is 0. The predicted octanol–water partition coefficient (Wildman–Crippen LogP) is 3.46. The maximum absolute atomic E-state index is 6.14. The Balaban J connectivity index is 2.57. The molecule has 0 fully saturated rings. The number of nitrogen functional groups attached to an aromatic ring is 1. The van der Waals surface area contributed by atoms with Crippen LogP contribution in [0.5, 0.6) is 5.75 Å². The summed E-state index contributed by atoms with van der Waals surface area (Å²) in [5.74, 6) is 1.40. The lowest BCUT2D eigenvalue weighted by Gasteiger charge is -2.19. The summed E-state index contributed by atoms with van der Waals surface area (Å²) in [6.45, 7) is 8.54. The van der Waals surface area contributed by atoms with Crippen molar-refractivity contribution in [3.05, 3.63) is 35.5 Å². The van der Waals surface area contributed by atoms with Crippen molar-refractivity contribution in [2.24, 2.45) is 0 Å². The van der Waals surface area contributed by atoms with E-state index in [4.69, 9.17) is 10.5 Å². The number of aryl methyl sites for hydroxylation is 1. The van der Waals surface area contributed by atoms with E-state index in [0.717, 1.165) is 29.1 Å². The van der Waals surface area contributed by atoms with Crippen LogP contribution >= 0.6 is 0 Å². The Bertz CT molecular complexity index is 614. The van der Waals surface area contributed by atoms with E-state index in [1.165, 1.54) is 0 Å². The van der Waals surface area contributed by atoms with E-state index in [1.54, 1.807) is 11.8 Å². The molecule has 0 atom stereocenters. The van der Waals surface area contributed by atoms with Gasteiger partial charge in [-0.2, -0.15) is 5.10 Å². The molecule has 0 aliphatic heterocycles. The summed E-state index contributed by atoms with van der Waals surface area (Å²) in [6, 6.07) is 7.94. The third kappa shape index (κ3) is 2.50. The van der Waals surface area contributed by atoms with Gasteiger partial charge in [0.1, 0.15) is 17.3 Å². The topological polar surface area (TPSA) is 53.1 Å². The summed E-state index contributed by atoms with van der Waals surface area (Å²) in [5.41, 5.74) is 9.18. The molecule has 0 unspecified atom stereocenters. The van der Waals surface area contributed by atoms with Crippen LogP contribution in [0.4, 0.5) is 5.82 Å². The normalized spacial score (nSPS) is 11.7. The smallest absolute Gasteiger partial charge is 0.144 e. The lowest BCUT2D eigenvalue weighted by Crippen LogP contribution is -2.16. The fourth-order valence-corrected chi connectivity index (χ4v) is 2.07. The molecule has 0 spiro atoms. The number of nitrogens with zero attached hydrogens (tertiary/aromatic N) is 2. The van der Waals surface area contributed by atoms with Gasteiger partial charge >= 0.3 is 0 Å². The second-order valence-electron chi connectivity index (χ2n) is 5.78. The molecular weight excluding hydrogens is 250 g/mol. The Morgan fingerprint density at radius 2 is 2.00 bits per heavy atom. The monoisotopic (exact) mass is 273 g/mol. The van der Waals surface area contributed by atoms with Crippen molar-refractivity contribution >= 4 is 5.82 Å². The van der Waals surface area contributed by atoms with Gasteiger partial charge in [0.2, 0.25) is 0 Å². The van der Waals surface area contributed by atoms with Crippen LogP contribution in [0, 0.1) is 6.92 Å². The number of methoxy groups -OCH3 is 1. The Kier molecular flexibility index (Phi) is 3.75. The van der Waals surface area contributed by atoms with Crippen LogP contribution in [-0.4, -0.2) is 16.9 Å². The molecule has 1 aromatic heterocycles. The van der Waals surface area contributed by atoms with Gasteiger partial charge in [0.25, 0.3) is 0 Å². The zero-order valence-corrected chi connectivity index (χ0v) is 12.9. The number of hydrogen-bond acceptors (Lipinski definition) is 3. The SMILES string of the molecule is CCC(C)(C)c1cc(N)n(-c2cc(C)ccc2OC)n1. The van der Waals surface area contributed by atoms with Gasteiger partial charge in [-0.15, -0.1) is 0 Å². The lowest BCUT2D eigenvalue weighted by atomic mass is 9.87. The van der Waals surface area contributed by atoms with Gasteiger partial charge in [-0.25, -0.2) is 4.68 Å². The van der Waals surface area contributed by atoms with Gasteiger partial charge in [-0.3, -0.25) is 0 Å². The number of nitrogens with two attached hydrogens (primary N) is 1. The Morgan fingerprint density at radius 3 is 2.60 bits per heavy atom. The maximum atomic E-state index is 6.14. The Labute approximate surface area is 120 Å². The summed E-state index contributed by atoms with van der Waals surface area (Å²) in [7, 11) is 1.66. The third-order valence-electron chi connectivity index (χ3n) is 3.88. The highest BCUT2D eigenvalue weighted by atomic mass is 16.5. The quantitative estimate of drug-likeness (QED) is 0.928. The van der Waals surface area contributed by atoms with Crippen molar-refractivity contribution in [2.45, 2.75) is 39.5 Å².